The van der Waals surface area contributed by atoms with Crippen molar-refractivity contribution >= 4 is 12.3 Å². The Morgan fingerprint density at radius 2 is 2.53 bits per heavy atom. The lowest BCUT2D eigenvalue weighted by atomic mass is 10.1. The van der Waals surface area contributed by atoms with Crippen LogP contribution in [0.3, 0.4) is 0 Å². The van der Waals surface area contributed by atoms with Gasteiger partial charge in [-0.2, -0.15) is 5.10 Å². The SMILES string of the molecule is CCC(C)c1cc(C(=O)N2CCC(NC=O)C2)n[nH]1. The van der Waals surface area contributed by atoms with Crippen molar-refractivity contribution in [2.45, 2.75) is 38.6 Å². The highest BCUT2D eigenvalue weighted by molar-refractivity contribution is 5.92. The van der Waals surface area contributed by atoms with Crippen LogP contribution in [0.1, 0.15) is 48.8 Å². The Labute approximate surface area is 112 Å². The predicted molar refractivity (Wildman–Crippen MR) is 70.8 cm³/mol. The van der Waals surface area contributed by atoms with Gasteiger partial charge in [0.15, 0.2) is 0 Å². The number of rotatable bonds is 5. The number of aromatic amines is 1. The van der Waals surface area contributed by atoms with Crippen LogP contribution < -0.4 is 5.32 Å². The van der Waals surface area contributed by atoms with E-state index in [1.165, 1.54) is 0 Å². The minimum Gasteiger partial charge on any atom is -0.354 e. The van der Waals surface area contributed by atoms with Gasteiger partial charge >= 0.3 is 0 Å². The van der Waals surface area contributed by atoms with Crippen LogP contribution in [-0.2, 0) is 4.79 Å². The van der Waals surface area contributed by atoms with Crippen LogP contribution >= 0.6 is 0 Å². The zero-order valence-electron chi connectivity index (χ0n) is 11.3. The van der Waals surface area contributed by atoms with Gasteiger partial charge in [0.05, 0.1) is 0 Å². The van der Waals surface area contributed by atoms with Gasteiger partial charge in [-0.3, -0.25) is 14.7 Å². The molecule has 1 aromatic heterocycles. The van der Waals surface area contributed by atoms with E-state index in [1.807, 2.05) is 6.07 Å². The molecule has 1 aromatic rings. The molecule has 104 valence electrons. The lowest BCUT2D eigenvalue weighted by Gasteiger charge is -2.14. The number of carbonyl (C=O) groups excluding carboxylic acids is 2. The average molecular weight is 264 g/mol. The van der Waals surface area contributed by atoms with Gasteiger partial charge in [-0.25, -0.2) is 0 Å². The molecule has 19 heavy (non-hydrogen) atoms. The van der Waals surface area contributed by atoms with Gasteiger partial charge in [0, 0.05) is 24.8 Å². The molecule has 1 saturated heterocycles. The number of likely N-dealkylation sites (tertiary alicyclic amines) is 1. The number of H-pyrrole nitrogens is 1. The van der Waals surface area contributed by atoms with Crippen LogP contribution in [0.2, 0.25) is 0 Å². The number of nitrogens with zero attached hydrogens (tertiary/aromatic N) is 2. The number of aromatic nitrogens is 2. The molecule has 0 spiro atoms. The van der Waals surface area contributed by atoms with Crippen LogP contribution in [0.15, 0.2) is 6.07 Å². The van der Waals surface area contributed by atoms with Gasteiger partial charge in [-0.15, -0.1) is 0 Å². The van der Waals surface area contributed by atoms with Gasteiger partial charge in [0.2, 0.25) is 6.41 Å². The summed E-state index contributed by atoms with van der Waals surface area (Å²) in [7, 11) is 0. The quantitative estimate of drug-likeness (QED) is 0.775. The Morgan fingerprint density at radius 1 is 1.74 bits per heavy atom. The number of carbonyl (C=O) groups is 2. The van der Waals surface area contributed by atoms with Gasteiger partial charge in [0.1, 0.15) is 5.69 Å². The van der Waals surface area contributed by atoms with Crippen LogP contribution in [0.5, 0.6) is 0 Å². The van der Waals surface area contributed by atoms with Crippen molar-refractivity contribution in [1.82, 2.24) is 20.4 Å². The molecule has 6 nitrogen and oxygen atoms in total. The maximum Gasteiger partial charge on any atom is 0.274 e. The standard InChI is InChI=1S/C13H20N4O2/c1-3-9(2)11-6-12(16-15-11)13(19)17-5-4-10(7-17)14-8-18/h6,8-10H,3-5,7H2,1-2H3,(H,14,18)(H,15,16). The van der Waals surface area contributed by atoms with Crippen molar-refractivity contribution < 1.29 is 9.59 Å². The van der Waals surface area contributed by atoms with Crippen molar-refractivity contribution in [3.05, 3.63) is 17.5 Å². The highest BCUT2D eigenvalue weighted by Crippen LogP contribution is 2.18. The molecule has 0 aromatic carbocycles. The molecule has 6 heteroatoms. The molecule has 2 atom stereocenters. The zero-order valence-corrected chi connectivity index (χ0v) is 11.3. The molecule has 1 aliphatic heterocycles. The summed E-state index contributed by atoms with van der Waals surface area (Å²) in [4.78, 5) is 24.4. The number of amides is 2. The highest BCUT2D eigenvalue weighted by Gasteiger charge is 2.28. The van der Waals surface area contributed by atoms with Crippen molar-refractivity contribution in [1.29, 1.82) is 0 Å². The molecule has 0 radical (unpaired) electrons. The third-order valence-electron chi connectivity index (χ3n) is 3.74. The van der Waals surface area contributed by atoms with Crippen molar-refractivity contribution in [3.63, 3.8) is 0 Å². The molecule has 2 N–H and O–H groups in total. The van der Waals surface area contributed by atoms with Crippen molar-refractivity contribution in [2.75, 3.05) is 13.1 Å². The zero-order chi connectivity index (χ0) is 13.8. The van der Waals surface area contributed by atoms with Crippen molar-refractivity contribution in [3.8, 4) is 0 Å². The van der Waals surface area contributed by atoms with Crippen LogP contribution in [0.25, 0.3) is 0 Å². The molecule has 0 aliphatic carbocycles. The van der Waals surface area contributed by atoms with Gasteiger partial charge in [-0.1, -0.05) is 13.8 Å². The minimum atomic E-state index is -0.0685. The Balaban J connectivity index is 2.00. The van der Waals surface area contributed by atoms with E-state index < -0.39 is 0 Å². The second kappa shape index (κ2) is 5.86. The molecule has 1 fully saturated rings. The largest absolute Gasteiger partial charge is 0.354 e. The maximum atomic E-state index is 12.2. The van der Waals surface area contributed by atoms with E-state index in [0.29, 0.717) is 31.1 Å². The fourth-order valence-corrected chi connectivity index (χ4v) is 2.26. The van der Waals surface area contributed by atoms with Gasteiger partial charge in [-0.05, 0) is 24.8 Å². The lowest BCUT2D eigenvalue weighted by molar-refractivity contribution is -0.110. The van der Waals surface area contributed by atoms with Gasteiger partial charge in [0.25, 0.3) is 5.91 Å². The fourth-order valence-electron chi connectivity index (χ4n) is 2.26. The fraction of sp³-hybridized carbons (Fsp3) is 0.615. The van der Waals surface area contributed by atoms with E-state index >= 15 is 0 Å². The topological polar surface area (TPSA) is 78.1 Å². The summed E-state index contributed by atoms with van der Waals surface area (Å²) in [6, 6.07) is 1.89. The molecule has 1 aliphatic rings. The second-order valence-electron chi connectivity index (χ2n) is 5.04. The smallest absolute Gasteiger partial charge is 0.274 e. The van der Waals surface area contributed by atoms with E-state index in [-0.39, 0.29) is 11.9 Å². The van der Waals surface area contributed by atoms with E-state index in [2.05, 4.69) is 29.4 Å². The second-order valence-corrected chi connectivity index (χ2v) is 5.04. The molecule has 2 unspecified atom stereocenters. The van der Waals surface area contributed by atoms with Crippen LogP contribution in [0, 0.1) is 0 Å². The summed E-state index contributed by atoms with van der Waals surface area (Å²) in [6.07, 6.45) is 2.49. The van der Waals surface area contributed by atoms with E-state index in [4.69, 9.17) is 0 Å². The first-order chi connectivity index (χ1) is 9.15. The first-order valence-electron chi connectivity index (χ1n) is 6.70. The predicted octanol–water partition coefficient (Wildman–Crippen LogP) is 0.884. The molecule has 0 bridgehead atoms. The first kappa shape index (κ1) is 13.6. The van der Waals surface area contributed by atoms with Crippen LogP contribution in [-0.4, -0.2) is 46.5 Å². The molecule has 2 rings (SSSR count). The Morgan fingerprint density at radius 3 is 3.21 bits per heavy atom. The average Bonchev–Trinajstić information content (AvgIpc) is 3.06. The number of hydrogen-bond acceptors (Lipinski definition) is 3. The van der Waals surface area contributed by atoms with E-state index in [1.54, 1.807) is 4.90 Å². The van der Waals surface area contributed by atoms with E-state index in [9.17, 15) is 9.59 Å². The van der Waals surface area contributed by atoms with Gasteiger partial charge < -0.3 is 10.2 Å². The third kappa shape index (κ3) is 2.94. The molecular formula is C13H20N4O2. The Hall–Kier alpha value is -1.85. The minimum absolute atomic E-state index is 0.0643. The summed E-state index contributed by atoms with van der Waals surface area (Å²) in [5, 5.41) is 9.73. The Bertz CT molecular complexity index is 457. The summed E-state index contributed by atoms with van der Waals surface area (Å²) < 4.78 is 0. The van der Waals surface area contributed by atoms with E-state index in [0.717, 1.165) is 18.5 Å². The Kier molecular flexibility index (Phi) is 4.19. The maximum absolute atomic E-state index is 12.2. The summed E-state index contributed by atoms with van der Waals surface area (Å²) in [5.74, 6) is 0.304. The number of hydrogen-bond donors (Lipinski definition) is 2. The number of nitrogens with one attached hydrogen (secondary N) is 2. The molecule has 2 heterocycles. The van der Waals surface area contributed by atoms with Crippen molar-refractivity contribution in [2.24, 2.45) is 0 Å². The first-order valence-corrected chi connectivity index (χ1v) is 6.70. The lowest BCUT2D eigenvalue weighted by Crippen LogP contribution is -2.34. The monoisotopic (exact) mass is 264 g/mol. The molecule has 2 amide bonds. The summed E-state index contributed by atoms with van der Waals surface area (Å²) >= 11 is 0. The summed E-state index contributed by atoms with van der Waals surface area (Å²) in [5.41, 5.74) is 1.45. The highest BCUT2D eigenvalue weighted by atomic mass is 16.2. The molecule has 0 saturated carbocycles. The molecular weight excluding hydrogens is 244 g/mol. The normalized spacial score (nSPS) is 20.3. The summed E-state index contributed by atoms with van der Waals surface area (Å²) in [6.45, 7) is 5.42. The van der Waals surface area contributed by atoms with Crippen LogP contribution in [0.4, 0.5) is 0 Å². The third-order valence-corrected chi connectivity index (χ3v) is 3.74.